The SMILES string of the molecule is CCn1cnnc1CCNC(=O)c1cc(S(=O)(=O)NCc2ccco2)ccc1C. The third kappa shape index (κ3) is 5.09. The maximum atomic E-state index is 12.6. The zero-order valence-corrected chi connectivity index (χ0v) is 17.1. The maximum absolute atomic E-state index is 12.6. The number of sulfonamides is 1. The lowest BCUT2D eigenvalue weighted by Crippen LogP contribution is -2.28. The van der Waals surface area contributed by atoms with Gasteiger partial charge in [-0.1, -0.05) is 6.07 Å². The van der Waals surface area contributed by atoms with Crippen LogP contribution < -0.4 is 10.0 Å². The Morgan fingerprint density at radius 1 is 1.28 bits per heavy atom. The van der Waals surface area contributed by atoms with Crippen LogP contribution in [0.4, 0.5) is 0 Å². The first-order chi connectivity index (χ1) is 13.9. The molecule has 2 N–H and O–H groups in total. The number of carbonyl (C=O) groups is 1. The van der Waals surface area contributed by atoms with E-state index in [1.165, 1.54) is 18.4 Å². The molecule has 0 saturated heterocycles. The van der Waals surface area contributed by atoms with Crippen LogP contribution in [0.25, 0.3) is 0 Å². The molecule has 0 atom stereocenters. The van der Waals surface area contributed by atoms with Gasteiger partial charge in [-0.3, -0.25) is 4.79 Å². The highest BCUT2D eigenvalue weighted by molar-refractivity contribution is 7.89. The largest absolute Gasteiger partial charge is 0.468 e. The van der Waals surface area contributed by atoms with Crippen molar-refractivity contribution in [3.05, 3.63) is 65.6 Å². The number of rotatable bonds is 9. The van der Waals surface area contributed by atoms with Gasteiger partial charge in [0.25, 0.3) is 5.91 Å². The average Bonchev–Trinajstić information content (AvgIpc) is 3.38. The smallest absolute Gasteiger partial charge is 0.251 e. The normalized spacial score (nSPS) is 11.5. The first-order valence-electron chi connectivity index (χ1n) is 9.18. The Hall–Kier alpha value is -2.98. The van der Waals surface area contributed by atoms with E-state index in [2.05, 4.69) is 20.2 Å². The van der Waals surface area contributed by atoms with Crippen molar-refractivity contribution in [2.24, 2.45) is 0 Å². The first-order valence-corrected chi connectivity index (χ1v) is 10.7. The molecule has 0 radical (unpaired) electrons. The molecular weight excluding hydrogens is 394 g/mol. The fourth-order valence-electron chi connectivity index (χ4n) is 2.80. The first kappa shape index (κ1) is 20.7. The number of amides is 1. The number of benzene rings is 1. The van der Waals surface area contributed by atoms with Crippen molar-refractivity contribution in [2.45, 2.75) is 38.3 Å². The summed E-state index contributed by atoms with van der Waals surface area (Å²) in [6.45, 7) is 4.89. The van der Waals surface area contributed by atoms with Crippen molar-refractivity contribution < 1.29 is 17.6 Å². The Bertz CT molecular complexity index is 1070. The summed E-state index contributed by atoms with van der Waals surface area (Å²) in [6, 6.07) is 7.82. The molecule has 3 rings (SSSR count). The Balaban J connectivity index is 1.66. The van der Waals surface area contributed by atoms with Crippen LogP contribution in [-0.2, 0) is 29.5 Å². The molecule has 0 spiro atoms. The molecule has 0 aliphatic rings. The lowest BCUT2D eigenvalue weighted by molar-refractivity contribution is 0.0953. The van der Waals surface area contributed by atoms with Gasteiger partial charge in [-0.2, -0.15) is 0 Å². The number of hydrogen-bond acceptors (Lipinski definition) is 6. The van der Waals surface area contributed by atoms with Crippen molar-refractivity contribution in [3.63, 3.8) is 0 Å². The van der Waals surface area contributed by atoms with Gasteiger partial charge in [-0.25, -0.2) is 13.1 Å². The Morgan fingerprint density at radius 3 is 2.83 bits per heavy atom. The summed E-state index contributed by atoms with van der Waals surface area (Å²) in [5.74, 6) is 0.940. The van der Waals surface area contributed by atoms with E-state index in [4.69, 9.17) is 4.42 Å². The van der Waals surface area contributed by atoms with Crippen LogP contribution in [0.15, 0.2) is 52.2 Å². The summed E-state index contributed by atoms with van der Waals surface area (Å²) in [7, 11) is -3.79. The minimum absolute atomic E-state index is 0.0190. The Kier molecular flexibility index (Phi) is 6.45. The molecule has 1 aromatic carbocycles. The molecule has 0 aliphatic carbocycles. The summed E-state index contributed by atoms with van der Waals surface area (Å²) in [5.41, 5.74) is 0.993. The van der Waals surface area contributed by atoms with Crippen molar-refractivity contribution in [2.75, 3.05) is 6.54 Å². The fourth-order valence-corrected chi connectivity index (χ4v) is 3.81. The molecule has 0 unspecified atom stereocenters. The summed E-state index contributed by atoms with van der Waals surface area (Å²) in [4.78, 5) is 12.6. The van der Waals surface area contributed by atoms with E-state index < -0.39 is 10.0 Å². The Labute approximate surface area is 169 Å². The lowest BCUT2D eigenvalue weighted by atomic mass is 10.1. The molecule has 29 heavy (non-hydrogen) atoms. The van der Waals surface area contributed by atoms with Gasteiger partial charge in [0.2, 0.25) is 10.0 Å². The number of carbonyl (C=O) groups excluding carboxylic acids is 1. The van der Waals surface area contributed by atoms with Gasteiger partial charge >= 0.3 is 0 Å². The fraction of sp³-hybridized carbons (Fsp3) is 0.316. The van der Waals surface area contributed by atoms with E-state index in [0.29, 0.717) is 29.9 Å². The minimum Gasteiger partial charge on any atom is -0.468 e. The molecule has 1 amide bonds. The lowest BCUT2D eigenvalue weighted by Gasteiger charge is -2.11. The monoisotopic (exact) mass is 417 g/mol. The number of aryl methyl sites for hydroxylation is 2. The summed E-state index contributed by atoms with van der Waals surface area (Å²) in [5, 5.41) is 10.7. The van der Waals surface area contributed by atoms with Gasteiger partial charge in [-0.15, -0.1) is 10.2 Å². The van der Waals surface area contributed by atoms with E-state index >= 15 is 0 Å². The van der Waals surface area contributed by atoms with Crippen LogP contribution in [0.3, 0.4) is 0 Å². The predicted octanol–water partition coefficient (Wildman–Crippen LogP) is 1.65. The summed E-state index contributed by atoms with van der Waals surface area (Å²) in [6.07, 6.45) is 3.65. The molecule has 2 aromatic heterocycles. The molecular formula is C19H23N5O4S. The topological polar surface area (TPSA) is 119 Å². The van der Waals surface area contributed by atoms with Crippen LogP contribution in [0.5, 0.6) is 0 Å². The number of hydrogen-bond donors (Lipinski definition) is 2. The van der Waals surface area contributed by atoms with E-state index in [-0.39, 0.29) is 17.3 Å². The molecule has 0 saturated carbocycles. The highest BCUT2D eigenvalue weighted by Gasteiger charge is 2.18. The second-order valence-corrected chi connectivity index (χ2v) is 8.19. The van der Waals surface area contributed by atoms with Crippen LogP contribution in [0.1, 0.15) is 34.4 Å². The highest BCUT2D eigenvalue weighted by Crippen LogP contribution is 2.16. The molecule has 3 aromatic rings. The highest BCUT2D eigenvalue weighted by atomic mass is 32.2. The average molecular weight is 417 g/mol. The van der Waals surface area contributed by atoms with Crippen molar-refractivity contribution in [1.29, 1.82) is 0 Å². The summed E-state index contributed by atoms with van der Waals surface area (Å²) < 4.78 is 34.6. The Morgan fingerprint density at radius 2 is 2.10 bits per heavy atom. The number of nitrogens with zero attached hydrogens (tertiary/aromatic N) is 3. The number of aromatic nitrogens is 3. The molecule has 9 nitrogen and oxygen atoms in total. The van der Waals surface area contributed by atoms with Gasteiger partial charge in [0.15, 0.2) is 0 Å². The standard InChI is InChI=1S/C19H23N5O4S/c1-3-24-13-21-23-18(24)8-9-20-19(25)17-11-16(7-6-14(17)2)29(26,27)22-12-15-5-4-10-28-15/h4-7,10-11,13,22H,3,8-9,12H2,1-2H3,(H,20,25). The number of furan rings is 1. The van der Waals surface area contributed by atoms with Crippen LogP contribution in [-0.4, -0.2) is 35.6 Å². The van der Waals surface area contributed by atoms with Crippen LogP contribution >= 0.6 is 0 Å². The van der Waals surface area contributed by atoms with E-state index in [1.807, 2.05) is 11.5 Å². The van der Waals surface area contributed by atoms with Gasteiger partial charge < -0.3 is 14.3 Å². The van der Waals surface area contributed by atoms with Crippen molar-refractivity contribution >= 4 is 15.9 Å². The van der Waals surface area contributed by atoms with Crippen molar-refractivity contribution in [3.8, 4) is 0 Å². The zero-order valence-electron chi connectivity index (χ0n) is 16.3. The molecule has 10 heteroatoms. The minimum atomic E-state index is -3.79. The second kappa shape index (κ2) is 9.01. The van der Waals surface area contributed by atoms with E-state index in [1.54, 1.807) is 31.5 Å². The van der Waals surface area contributed by atoms with Gasteiger partial charge in [0.1, 0.15) is 17.9 Å². The van der Waals surface area contributed by atoms with E-state index in [9.17, 15) is 13.2 Å². The maximum Gasteiger partial charge on any atom is 0.251 e. The van der Waals surface area contributed by atoms with Crippen LogP contribution in [0.2, 0.25) is 0 Å². The van der Waals surface area contributed by atoms with Gasteiger partial charge in [0, 0.05) is 25.1 Å². The summed E-state index contributed by atoms with van der Waals surface area (Å²) >= 11 is 0. The second-order valence-electron chi connectivity index (χ2n) is 6.42. The zero-order chi connectivity index (χ0) is 20.9. The van der Waals surface area contributed by atoms with Crippen LogP contribution in [0, 0.1) is 6.92 Å². The van der Waals surface area contributed by atoms with Crippen molar-refractivity contribution in [1.82, 2.24) is 24.8 Å². The molecule has 0 fully saturated rings. The molecule has 0 aliphatic heterocycles. The molecule has 2 heterocycles. The molecule has 0 bridgehead atoms. The third-order valence-corrected chi connectivity index (χ3v) is 5.85. The number of nitrogens with one attached hydrogen (secondary N) is 2. The predicted molar refractivity (Wildman–Crippen MR) is 106 cm³/mol. The quantitative estimate of drug-likeness (QED) is 0.546. The third-order valence-electron chi connectivity index (χ3n) is 4.45. The van der Waals surface area contributed by atoms with E-state index in [0.717, 1.165) is 12.4 Å². The van der Waals surface area contributed by atoms with Gasteiger partial charge in [0.05, 0.1) is 17.7 Å². The molecule has 154 valence electrons. The van der Waals surface area contributed by atoms with Gasteiger partial charge in [-0.05, 0) is 43.7 Å².